The highest BCUT2D eigenvalue weighted by Crippen LogP contribution is 2.29. The summed E-state index contributed by atoms with van der Waals surface area (Å²) in [6, 6.07) is -0.770. The van der Waals surface area contributed by atoms with Gasteiger partial charge in [0.2, 0.25) is 0 Å². The van der Waals surface area contributed by atoms with Gasteiger partial charge in [0, 0.05) is 32.2 Å². The van der Waals surface area contributed by atoms with E-state index in [9.17, 15) is 29.4 Å². The number of hydrogen-bond acceptors (Lipinski definition) is 12. The number of carbonyl (C=O) groups is 4. The van der Waals surface area contributed by atoms with Crippen LogP contribution in [0.5, 0.6) is 0 Å². The Labute approximate surface area is 251 Å². The van der Waals surface area contributed by atoms with E-state index in [1.165, 1.54) is 0 Å². The van der Waals surface area contributed by atoms with Crippen molar-refractivity contribution in [1.29, 1.82) is 0 Å². The first kappa shape index (κ1) is 36.6. The number of nitrogens with two attached hydrogens (primary N) is 1. The lowest BCUT2D eigenvalue weighted by atomic mass is 10.0. The molecule has 0 bridgehead atoms. The molecule has 2 rings (SSSR count). The fourth-order valence-corrected chi connectivity index (χ4v) is 4.64. The number of aliphatic hydroxyl groups excluding tert-OH is 2. The molecular formula is C28H48N2O13. The molecule has 11 atom stereocenters. The summed E-state index contributed by atoms with van der Waals surface area (Å²) < 4.78 is 34.4. The van der Waals surface area contributed by atoms with E-state index in [1.54, 1.807) is 34.6 Å². The van der Waals surface area contributed by atoms with E-state index in [-0.39, 0.29) is 44.8 Å². The molecule has 0 aromatic carbocycles. The summed E-state index contributed by atoms with van der Waals surface area (Å²) in [6.45, 7) is 8.39. The van der Waals surface area contributed by atoms with Crippen molar-refractivity contribution in [3.63, 3.8) is 0 Å². The molecule has 11 unspecified atom stereocenters. The van der Waals surface area contributed by atoms with E-state index in [4.69, 9.17) is 39.3 Å². The summed E-state index contributed by atoms with van der Waals surface area (Å²) in [4.78, 5) is 47.4. The Hall–Kier alpha value is -2.56. The van der Waals surface area contributed by atoms with Crippen LogP contribution < -0.4 is 11.1 Å². The van der Waals surface area contributed by atoms with Gasteiger partial charge in [0.25, 0.3) is 0 Å². The molecule has 2 saturated heterocycles. The Morgan fingerprint density at radius 1 is 0.860 bits per heavy atom. The summed E-state index contributed by atoms with van der Waals surface area (Å²) in [5, 5.41) is 31.3. The van der Waals surface area contributed by atoms with Crippen molar-refractivity contribution >= 4 is 23.9 Å². The molecule has 0 aliphatic carbocycles. The predicted octanol–water partition coefficient (Wildman–Crippen LogP) is 0.951. The number of rotatable bonds is 16. The molecule has 0 saturated carbocycles. The first-order valence-corrected chi connectivity index (χ1v) is 14.8. The van der Waals surface area contributed by atoms with Crippen LogP contribution in [0.1, 0.15) is 79.6 Å². The molecule has 43 heavy (non-hydrogen) atoms. The predicted molar refractivity (Wildman–Crippen MR) is 148 cm³/mol. The van der Waals surface area contributed by atoms with Crippen LogP contribution in [-0.4, -0.2) is 107 Å². The van der Waals surface area contributed by atoms with Gasteiger partial charge in [-0.25, -0.2) is 4.79 Å². The minimum absolute atomic E-state index is 0.0175. The summed E-state index contributed by atoms with van der Waals surface area (Å²) >= 11 is 0. The third-order valence-corrected chi connectivity index (χ3v) is 7.35. The number of aliphatic hydroxyl groups is 2. The van der Waals surface area contributed by atoms with Gasteiger partial charge in [-0.15, -0.1) is 0 Å². The van der Waals surface area contributed by atoms with E-state index >= 15 is 0 Å². The largest absolute Gasteiger partial charge is 0.481 e. The molecule has 0 aromatic rings. The highest BCUT2D eigenvalue weighted by Gasteiger charge is 2.42. The maximum absolute atomic E-state index is 12.8. The number of amides is 2. The van der Waals surface area contributed by atoms with Crippen LogP contribution in [0.25, 0.3) is 0 Å². The minimum atomic E-state index is -1.02. The number of urea groups is 1. The summed E-state index contributed by atoms with van der Waals surface area (Å²) in [6.07, 6.45) is -6.15. The molecular weight excluding hydrogens is 572 g/mol. The Morgan fingerprint density at radius 2 is 1.49 bits per heavy atom. The molecule has 2 aliphatic rings. The van der Waals surface area contributed by atoms with Gasteiger partial charge < -0.3 is 54.8 Å². The lowest BCUT2D eigenvalue weighted by molar-refractivity contribution is -0.281. The Balaban J connectivity index is 1.94. The van der Waals surface area contributed by atoms with Crippen LogP contribution >= 0.6 is 0 Å². The van der Waals surface area contributed by atoms with Crippen molar-refractivity contribution in [3.8, 4) is 0 Å². The third kappa shape index (κ3) is 12.9. The summed E-state index contributed by atoms with van der Waals surface area (Å²) in [7, 11) is 0. The molecule has 248 valence electrons. The molecule has 2 heterocycles. The lowest BCUT2D eigenvalue weighted by Gasteiger charge is -2.40. The number of carboxylic acid groups (broad SMARTS) is 1. The van der Waals surface area contributed by atoms with Gasteiger partial charge in [0.05, 0.1) is 36.4 Å². The quantitative estimate of drug-likeness (QED) is 0.152. The van der Waals surface area contributed by atoms with Crippen LogP contribution in [0.15, 0.2) is 0 Å². The Kier molecular flexibility index (Phi) is 15.0. The van der Waals surface area contributed by atoms with Crippen LogP contribution in [0.3, 0.4) is 0 Å². The van der Waals surface area contributed by atoms with Crippen LogP contribution in [0, 0.1) is 5.92 Å². The standard InChI is InChI=1S/C28H48N2O13/c1-14(13-30-28(29)37)25(36)43-21-12-22(27(41-18(21)5)39-16(3)9-10-23(33)34)42-24(35)8-6-7-15(2)38-26-20(32)11-19(31)17(4)40-26/h14-22,26-27,31-32H,6-13H2,1-5H3,(H,33,34)(H3,29,30,37). The molecule has 6 N–H and O–H groups in total. The van der Waals surface area contributed by atoms with Gasteiger partial charge in [-0.2, -0.15) is 0 Å². The van der Waals surface area contributed by atoms with Crippen molar-refractivity contribution in [2.24, 2.45) is 11.7 Å². The fourth-order valence-electron chi connectivity index (χ4n) is 4.64. The van der Waals surface area contributed by atoms with Crippen LogP contribution in [0.4, 0.5) is 4.79 Å². The van der Waals surface area contributed by atoms with Crippen molar-refractivity contribution in [3.05, 3.63) is 0 Å². The third-order valence-electron chi connectivity index (χ3n) is 7.35. The average Bonchev–Trinajstić information content (AvgIpc) is 2.91. The van der Waals surface area contributed by atoms with Gasteiger partial charge in [0.1, 0.15) is 12.2 Å². The minimum Gasteiger partial charge on any atom is -0.481 e. The first-order valence-electron chi connectivity index (χ1n) is 14.8. The van der Waals surface area contributed by atoms with E-state index in [0.717, 1.165) is 0 Å². The number of carboxylic acids is 1. The first-order chi connectivity index (χ1) is 20.2. The summed E-state index contributed by atoms with van der Waals surface area (Å²) in [5.41, 5.74) is 5.06. The topological polar surface area (TPSA) is 222 Å². The van der Waals surface area contributed by atoms with Crippen molar-refractivity contribution in [2.75, 3.05) is 6.54 Å². The van der Waals surface area contributed by atoms with Gasteiger partial charge in [0.15, 0.2) is 18.7 Å². The number of ether oxygens (including phenoxy) is 6. The smallest absolute Gasteiger partial charge is 0.312 e. The second-order valence-electron chi connectivity index (χ2n) is 11.4. The highest BCUT2D eigenvalue weighted by molar-refractivity contribution is 5.75. The van der Waals surface area contributed by atoms with Crippen molar-refractivity contribution in [1.82, 2.24) is 5.32 Å². The fraction of sp³-hybridized carbons (Fsp3) is 0.857. The molecule has 2 fully saturated rings. The molecule has 15 nitrogen and oxygen atoms in total. The number of hydrogen-bond donors (Lipinski definition) is 5. The van der Waals surface area contributed by atoms with E-state index in [1.807, 2.05) is 0 Å². The summed E-state index contributed by atoms with van der Waals surface area (Å²) in [5.74, 6) is -2.81. The van der Waals surface area contributed by atoms with Crippen molar-refractivity contribution in [2.45, 2.75) is 141 Å². The lowest BCUT2D eigenvalue weighted by Crippen LogP contribution is -2.51. The normalized spacial score (nSPS) is 31.3. The zero-order valence-electron chi connectivity index (χ0n) is 25.5. The number of carbonyl (C=O) groups excluding carboxylic acids is 3. The van der Waals surface area contributed by atoms with Crippen LogP contribution in [0.2, 0.25) is 0 Å². The zero-order chi connectivity index (χ0) is 32.3. The van der Waals surface area contributed by atoms with E-state index in [2.05, 4.69) is 5.32 Å². The Morgan fingerprint density at radius 3 is 2.14 bits per heavy atom. The van der Waals surface area contributed by atoms with Crippen molar-refractivity contribution < 1.29 is 62.9 Å². The SMILES string of the molecule is CC(CCCC(=O)OC1CC(OC(=O)C(C)CNC(N)=O)C(C)OC1OC(C)CCC(=O)O)OC1OC(C)C(O)CC1O. The molecule has 0 radical (unpaired) electrons. The maximum Gasteiger partial charge on any atom is 0.312 e. The number of primary amides is 1. The molecule has 2 aliphatic heterocycles. The number of esters is 2. The van der Waals surface area contributed by atoms with Gasteiger partial charge in [-0.3, -0.25) is 14.4 Å². The second-order valence-corrected chi connectivity index (χ2v) is 11.4. The van der Waals surface area contributed by atoms with Gasteiger partial charge in [-0.1, -0.05) is 6.92 Å². The number of aliphatic carboxylic acids is 1. The molecule has 2 amide bonds. The zero-order valence-corrected chi connectivity index (χ0v) is 25.5. The number of nitrogens with one attached hydrogen (secondary N) is 1. The van der Waals surface area contributed by atoms with Crippen LogP contribution in [-0.2, 0) is 42.8 Å². The second kappa shape index (κ2) is 17.7. The maximum atomic E-state index is 12.8. The molecule has 0 aromatic heterocycles. The van der Waals surface area contributed by atoms with Gasteiger partial charge >= 0.3 is 23.9 Å². The van der Waals surface area contributed by atoms with Gasteiger partial charge in [-0.05, 0) is 47.0 Å². The van der Waals surface area contributed by atoms with E-state index in [0.29, 0.717) is 12.8 Å². The molecule has 15 heteroatoms. The Bertz CT molecular complexity index is 921. The monoisotopic (exact) mass is 620 g/mol. The average molecular weight is 621 g/mol. The van der Waals surface area contributed by atoms with E-state index < -0.39 is 85.2 Å². The highest BCUT2D eigenvalue weighted by atomic mass is 16.7. The molecule has 0 spiro atoms.